The summed E-state index contributed by atoms with van der Waals surface area (Å²) in [5.41, 5.74) is 1.55. The minimum atomic E-state index is -0.0564. The van der Waals surface area contributed by atoms with E-state index in [0.717, 1.165) is 36.0 Å². The molecule has 1 atom stereocenters. The van der Waals surface area contributed by atoms with Gasteiger partial charge in [-0.3, -0.25) is 9.78 Å². The van der Waals surface area contributed by atoms with Crippen LogP contribution < -0.4 is 5.32 Å². The fraction of sp³-hybridized carbons (Fsp3) is 0.400. The maximum absolute atomic E-state index is 12.3. The number of pyridine rings is 1. The number of nitrogens with zero attached hydrogens (tertiary/aromatic N) is 2. The Morgan fingerprint density at radius 3 is 3.14 bits per heavy atom. The van der Waals surface area contributed by atoms with Crippen LogP contribution in [0.25, 0.3) is 10.7 Å². The molecular weight excluding hydrogens is 286 g/mol. The van der Waals surface area contributed by atoms with Gasteiger partial charge in [0.05, 0.1) is 18.0 Å². The number of nitrogens with one attached hydrogen (secondary N) is 1. The molecule has 1 fully saturated rings. The number of thiazole rings is 1. The lowest BCUT2D eigenvalue weighted by Gasteiger charge is -2.08. The molecule has 3 heterocycles. The number of carbonyl (C=O) groups excluding carboxylic acids is 1. The van der Waals surface area contributed by atoms with Crippen LogP contribution in [0.15, 0.2) is 24.4 Å². The van der Waals surface area contributed by atoms with E-state index in [9.17, 15) is 4.79 Å². The molecule has 0 spiro atoms. The van der Waals surface area contributed by atoms with Crippen molar-refractivity contribution in [2.24, 2.45) is 5.92 Å². The molecular formula is C15H17N3O2S. The summed E-state index contributed by atoms with van der Waals surface area (Å²) in [6.07, 6.45) is 2.74. The third kappa shape index (κ3) is 3.28. The molecule has 1 amide bonds. The summed E-state index contributed by atoms with van der Waals surface area (Å²) in [6.45, 7) is 4.05. The molecule has 1 N–H and O–H groups in total. The van der Waals surface area contributed by atoms with Gasteiger partial charge in [0.25, 0.3) is 5.91 Å². The lowest BCUT2D eigenvalue weighted by molar-refractivity contribution is 0.0948. The molecule has 5 nitrogen and oxygen atoms in total. The number of aromatic nitrogens is 2. The van der Waals surface area contributed by atoms with Gasteiger partial charge in [0.2, 0.25) is 0 Å². The van der Waals surface area contributed by atoms with E-state index in [0.29, 0.717) is 17.3 Å². The highest BCUT2D eigenvalue weighted by Gasteiger charge is 2.20. The van der Waals surface area contributed by atoms with Crippen LogP contribution in [-0.2, 0) is 4.74 Å². The molecule has 110 valence electrons. The Morgan fingerprint density at radius 1 is 1.52 bits per heavy atom. The average Bonchev–Trinajstić information content (AvgIpc) is 3.15. The van der Waals surface area contributed by atoms with Gasteiger partial charge < -0.3 is 10.1 Å². The Balaban J connectivity index is 1.70. The van der Waals surface area contributed by atoms with E-state index in [1.165, 1.54) is 11.3 Å². The molecule has 1 saturated heterocycles. The molecule has 0 aliphatic carbocycles. The van der Waals surface area contributed by atoms with Crippen molar-refractivity contribution in [2.75, 3.05) is 19.8 Å². The predicted molar refractivity (Wildman–Crippen MR) is 81.3 cm³/mol. The van der Waals surface area contributed by atoms with Crippen molar-refractivity contribution >= 4 is 17.2 Å². The Kier molecular flexibility index (Phi) is 4.26. The highest BCUT2D eigenvalue weighted by molar-refractivity contribution is 7.17. The molecule has 6 heteroatoms. The first kappa shape index (κ1) is 14.2. The molecule has 0 aromatic carbocycles. The third-order valence-corrected chi connectivity index (χ3v) is 4.64. The normalized spacial score (nSPS) is 17.9. The predicted octanol–water partition coefficient (Wildman–Crippen LogP) is 2.28. The smallest absolute Gasteiger partial charge is 0.263 e. The third-order valence-electron chi connectivity index (χ3n) is 3.46. The van der Waals surface area contributed by atoms with Gasteiger partial charge in [-0.05, 0) is 25.5 Å². The summed E-state index contributed by atoms with van der Waals surface area (Å²) in [7, 11) is 0. The van der Waals surface area contributed by atoms with Gasteiger partial charge >= 0.3 is 0 Å². The molecule has 0 bridgehead atoms. The summed E-state index contributed by atoms with van der Waals surface area (Å²) < 4.78 is 5.31. The number of aryl methyl sites for hydroxylation is 1. The molecule has 2 aromatic heterocycles. The van der Waals surface area contributed by atoms with Crippen molar-refractivity contribution in [3.8, 4) is 10.7 Å². The van der Waals surface area contributed by atoms with E-state index in [4.69, 9.17) is 4.74 Å². The maximum atomic E-state index is 12.3. The first-order valence-electron chi connectivity index (χ1n) is 6.99. The van der Waals surface area contributed by atoms with Gasteiger partial charge in [0.1, 0.15) is 9.88 Å². The zero-order valence-electron chi connectivity index (χ0n) is 11.8. The van der Waals surface area contributed by atoms with Crippen molar-refractivity contribution in [3.05, 3.63) is 35.0 Å². The van der Waals surface area contributed by atoms with Crippen LogP contribution in [-0.4, -0.2) is 35.6 Å². The fourth-order valence-corrected chi connectivity index (χ4v) is 3.23. The van der Waals surface area contributed by atoms with Crippen LogP contribution in [0.4, 0.5) is 0 Å². The van der Waals surface area contributed by atoms with Crippen molar-refractivity contribution < 1.29 is 9.53 Å². The molecule has 1 aliphatic heterocycles. The molecule has 1 unspecified atom stereocenters. The van der Waals surface area contributed by atoms with E-state index < -0.39 is 0 Å². The minimum absolute atomic E-state index is 0.0564. The maximum Gasteiger partial charge on any atom is 0.263 e. The first-order chi connectivity index (χ1) is 10.2. The number of hydrogen-bond acceptors (Lipinski definition) is 5. The van der Waals surface area contributed by atoms with Crippen LogP contribution in [0.1, 0.15) is 21.8 Å². The van der Waals surface area contributed by atoms with Gasteiger partial charge in [-0.15, -0.1) is 11.3 Å². The zero-order chi connectivity index (χ0) is 14.7. The first-order valence-corrected chi connectivity index (χ1v) is 7.80. The Hall–Kier alpha value is -1.79. The van der Waals surface area contributed by atoms with Gasteiger partial charge in [0.15, 0.2) is 0 Å². The summed E-state index contributed by atoms with van der Waals surface area (Å²) in [5.74, 6) is 0.372. The quantitative estimate of drug-likeness (QED) is 0.941. The summed E-state index contributed by atoms with van der Waals surface area (Å²) in [5, 5.41) is 3.76. The molecule has 0 radical (unpaired) electrons. The van der Waals surface area contributed by atoms with E-state index in [2.05, 4.69) is 15.3 Å². The molecule has 2 aromatic rings. The summed E-state index contributed by atoms with van der Waals surface area (Å²) in [6, 6.07) is 5.68. The van der Waals surface area contributed by atoms with E-state index in [-0.39, 0.29) is 5.91 Å². The topological polar surface area (TPSA) is 64.1 Å². The second-order valence-corrected chi connectivity index (χ2v) is 6.09. The SMILES string of the molecule is Cc1nc(-c2ccccn2)sc1C(=O)NCC1CCOC1. The van der Waals surface area contributed by atoms with Gasteiger partial charge in [0, 0.05) is 25.3 Å². The minimum Gasteiger partial charge on any atom is -0.381 e. The second kappa shape index (κ2) is 6.32. The van der Waals surface area contributed by atoms with E-state index in [1.807, 2.05) is 25.1 Å². The Labute approximate surface area is 127 Å². The number of amides is 1. The van der Waals surface area contributed by atoms with Crippen molar-refractivity contribution in [1.29, 1.82) is 0 Å². The number of hydrogen-bond donors (Lipinski definition) is 1. The second-order valence-electron chi connectivity index (χ2n) is 5.09. The van der Waals surface area contributed by atoms with E-state index >= 15 is 0 Å². The van der Waals surface area contributed by atoms with Gasteiger partial charge in [-0.2, -0.15) is 0 Å². The van der Waals surface area contributed by atoms with Crippen LogP contribution in [0.5, 0.6) is 0 Å². The monoisotopic (exact) mass is 303 g/mol. The van der Waals surface area contributed by atoms with Crippen LogP contribution >= 0.6 is 11.3 Å². The molecule has 1 aliphatic rings. The number of ether oxygens (including phenoxy) is 1. The summed E-state index contributed by atoms with van der Waals surface area (Å²) >= 11 is 1.39. The van der Waals surface area contributed by atoms with Crippen molar-refractivity contribution in [2.45, 2.75) is 13.3 Å². The highest BCUT2D eigenvalue weighted by atomic mass is 32.1. The molecule has 21 heavy (non-hydrogen) atoms. The van der Waals surface area contributed by atoms with Gasteiger partial charge in [-0.25, -0.2) is 4.98 Å². The lowest BCUT2D eigenvalue weighted by atomic mass is 10.1. The van der Waals surface area contributed by atoms with Crippen LogP contribution in [0.3, 0.4) is 0 Å². The standard InChI is InChI=1S/C15H17N3O2S/c1-10-13(14(19)17-8-11-5-7-20-9-11)21-15(18-10)12-4-2-3-6-16-12/h2-4,6,11H,5,7-9H2,1H3,(H,17,19). The zero-order valence-corrected chi connectivity index (χ0v) is 12.7. The Bertz CT molecular complexity index is 621. The average molecular weight is 303 g/mol. The fourth-order valence-electron chi connectivity index (χ4n) is 2.27. The number of carbonyl (C=O) groups is 1. The largest absolute Gasteiger partial charge is 0.381 e. The Morgan fingerprint density at radius 2 is 2.43 bits per heavy atom. The highest BCUT2D eigenvalue weighted by Crippen LogP contribution is 2.26. The van der Waals surface area contributed by atoms with Crippen LogP contribution in [0.2, 0.25) is 0 Å². The lowest BCUT2D eigenvalue weighted by Crippen LogP contribution is -2.29. The van der Waals surface area contributed by atoms with Crippen molar-refractivity contribution in [1.82, 2.24) is 15.3 Å². The molecule has 3 rings (SSSR count). The van der Waals surface area contributed by atoms with E-state index in [1.54, 1.807) is 6.20 Å². The van der Waals surface area contributed by atoms with Crippen LogP contribution in [0, 0.1) is 12.8 Å². The van der Waals surface area contributed by atoms with Gasteiger partial charge in [-0.1, -0.05) is 6.07 Å². The molecule has 0 saturated carbocycles. The number of rotatable bonds is 4. The van der Waals surface area contributed by atoms with Crippen molar-refractivity contribution in [3.63, 3.8) is 0 Å². The summed E-state index contributed by atoms with van der Waals surface area (Å²) in [4.78, 5) is 21.7.